The van der Waals surface area contributed by atoms with Crippen molar-refractivity contribution in [2.24, 2.45) is 11.5 Å². The number of aromatic nitrogens is 4. The maximum Gasteiger partial charge on any atom is 0.269 e. The summed E-state index contributed by atoms with van der Waals surface area (Å²) in [6.45, 7) is 0.0975. The smallest absolute Gasteiger partial charge is 0.269 e. The van der Waals surface area contributed by atoms with Crippen LogP contribution in [-0.2, 0) is 6.54 Å². The fraction of sp³-hybridized carbons (Fsp3) is 0.0476. The molecule has 0 saturated carbocycles. The largest absolute Gasteiger partial charge is 0.364 e. The Morgan fingerprint density at radius 1 is 0.929 bits per heavy atom. The second-order valence-corrected chi connectivity index (χ2v) is 6.21. The molecule has 0 aliphatic rings. The predicted octanol–water partition coefficient (Wildman–Crippen LogP) is 2.76. The third kappa shape index (κ3) is 3.38. The van der Waals surface area contributed by atoms with Crippen LogP contribution in [0.25, 0.3) is 33.9 Å². The van der Waals surface area contributed by atoms with Gasteiger partial charge in [-0.2, -0.15) is 0 Å². The number of carbonyl (C=O) groups is 1. The molecule has 7 nitrogen and oxygen atoms in total. The van der Waals surface area contributed by atoms with Crippen LogP contribution in [0.5, 0.6) is 0 Å². The molecule has 2 aromatic carbocycles. The zero-order valence-electron chi connectivity index (χ0n) is 15.0. The summed E-state index contributed by atoms with van der Waals surface area (Å²) < 4.78 is 0. The van der Waals surface area contributed by atoms with E-state index in [2.05, 4.69) is 19.9 Å². The highest BCUT2D eigenvalue weighted by molar-refractivity contribution is 5.92. The second kappa shape index (κ2) is 7.42. The van der Waals surface area contributed by atoms with E-state index in [1.807, 2.05) is 54.6 Å². The minimum atomic E-state index is -0.649. The zero-order valence-corrected chi connectivity index (χ0v) is 15.0. The molecule has 0 saturated heterocycles. The summed E-state index contributed by atoms with van der Waals surface area (Å²) in [4.78, 5) is 28.0. The first-order valence-corrected chi connectivity index (χ1v) is 8.72. The van der Waals surface area contributed by atoms with Gasteiger partial charge in [-0.1, -0.05) is 48.5 Å². The molecule has 28 heavy (non-hydrogen) atoms. The van der Waals surface area contributed by atoms with Crippen molar-refractivity contribution in [1.29, 1.82) is 0 Å². The van der Waals surface area contributed by atoms with Crippen LogP contribution in [-0.4, -0.2) is 25.8 Å². The summed E-state index contributed by atoms with van der Waals surface area (Å²) in [6, 6.07) is 17.7. The SMILES string of the molecule is NCc1ncc(-c2cccc(-c3ncc(-c4ccccc4)[nH]3)c2)nc1C(N)=O. The lowest BCUT2D eigenvalue weighted by Gasteiger charge is -2.07. The molecule has 0 spiro atoms. The van der Waals surface area contributed by atoms with Crippen molar-refractivity contribution in [2.45, 2.75) is 6.54 Å². The second-order valence-electron chi connectivity index (χ2n) is 6.21. The maximum absolute atomic E-state index is 11.6. The topological polar surface area (TPSA) is 124 Å². The molecule has 0 unspecified atom stereocenters. The van der Waals surface area contributed by atoms with E-state index in [1.54, 1.807) is 12.4 Å². The van der Waals surface area contributed by atoms with Crippen LogP contribution in [0.15, 0.2) is 67.0 Å². The van der Waals surface area contributed by atoms with Gasteiger partial charge >= 0.3 is 0 Å². The molecular weight excluding hydrogens is 352 g/mol. The molecule has 1 amide bonds. The molecule has 7 heteroatoms. The number of imidazole rings is 1. The Hall–Kier alpha value is -3.84. The van der Waals surface area contributed by atoms with Crippen molar-refractivity contribution < 1.29 is 4.79 Å². The van der Waals surface area contributed by atoms with Crippen molar-refractivity contribution in [3.05, 3.63) is 78.4 Å². The fourth-order valence-corrected chi connectivity index (χ4v) is 2.96. The summed E-state index contributed by atoms with van der Waals surface area (Å²) in [7, 11) is 0. The van der Waals surface area contributed by atoms with Crippen LogP contribution in [0, 0.1) is 0 Å². The van der Waals surface area contributed by atoms with Crippen molar-refractivity contribution in [2.75, 3.05) is 0 Å². The van der Waals surface area contributed by atoms with Gasteiger partial charge in [0.1, 0.15) is 5.82 Å². The van der Waals surface area contributed by atoms with E-state index < -0.39 is 5.91 Å². The quantitative estimate of drug-likeness (QED) is 0.498. The Morgan fingerprint density at radius 3 is 2.43 bits per heavy atom. The average Bonchev–Trinajstić information content (AvgIpc) is 3.24. The van der Waals surface area contributed by atoms with Gasteiger partial charge in [-0.05, 0) is 11.6 Å². The highest BCUT2D eigenvalue weighted by atomic mass is 16.1. The third-order valence-electron chi connectivity index (χ3n) is 4.37. The summed E-state index contributed by atoms with van der Waals surface area (Å²) in [6.07, 6.45) is 3.39. The molecule has 4 rings (SSSR count). The molecule has 0 atom stereocenters. The Balaban J connectivity index is 1.70. The number of H-pyrrole nitrogens is 1. The summed E-state index contributed by atoms with van der Waals surface area (Å²) in [5.41, 5.74) is 15.7. The van der Waals surface area contributed by atoms with Gasteiger partial charge in [-0.3, -0.25) is 9.78 Å². The zero-order chi connectivity index (χ0) is 19.5. The van der Waals surface area contributed by atoms with Crippen LogP contribution < -0.4 is 11.5 Å². The van der Waals surface area contributed by atoms with Crippen LogP contribution in [0.1, 0.15) is 16.2 Å². The monoisotopic (exact) mass is 370 g/mol. The van der Waals surface area contributed by atoms with Crippen LogP contribution in [0.4, 0.5) is 0 Å². The number of hydrogen-bond donors (Lipinski definition) is 3. The molecule has 0 fully saturated rings. The van der Waals surface area contributed by atoms with Gasteiger partial charge in [0, 0.05) is 17.7 Å². The van der Waals surface area contributed by atoms with Gasteiger partial charge in [0.25, 0.3) is 5.91 Å². The van der Waals surface area contributed by atoms with Crippen molar-refractivity contribution in [3.8, 4) is 33.9 Å². The number of nitrogens with zero attached hydrogens (tertiary/aromatic N) is 3. The first-order valence-electron chi connectivity index (χ1n) is 8.72. The lowest BCUT2D eigenvalue weighted by molar-refractivity contribution is 0.0994. The Morgan fingerprint density at radius 2 is 1.68 bits per heavy atom. The minimum absolute atomic E-state index is 0.0924. The molecule has 0 aliphatic carbocycles. The minimum Gasteiger partial charge on any atom is -0.364 e. The van der Waals surface area contributed by atoms with E-state index in [1.165, 1.54) is 0 Å². The normalized spacial score (nSPS) is 10.8. The van der Waals surface area contributed by atoms with Gasteiger partial charge in [-0.15, -0.1) is 0 Å². The summed E-state index contributed by atoms with van der Waals surface area (Å²) in [5.74, 6) is 0.0897. The first kappa shape index (κ1) is 17.6. The van der Waals surface area contributed by atoms with E-state index in [-0.39, 0.29) is 12.2 Å². The van der Waals surface area contributed by atoms with E-state index in [0.29, 0.717) is 11.4 Å². The molecule has 5 N–H and O–H groups in total. The number of rotatable bonds is 5. The summed E-state index contributed by atoms with van der Waals surface area (Å²) >= 11 is 0. The third-order valence-corrected chi connectivity index (χ3v) is 4.37. The maximum atomic E-state index is 11.6. The van der Waals surface area contributed by atoms with Crippen molar-refractivity contribution in [1.82, 2.24) is 19.9 Å². The predicted molar refractivity (Wildman–Crippen MR) is 107 cm³/mol. The number of primary amides is 1. The van der Waals surface area contributed by atoms with Crippen LogP contribution in [0.3, 0.4) is 0 Å². The lowest BCUT2D eigenvalue weighted by Crippen LogP contribution is -2.19. The Labute approximate surface area is 161 Å². The number of hydrogen-bond acceptors (Lipinski definition) is 5. The fourth-order valence-electron chi connectivity index (χ4n) is 2.96. The molecule has 0 bridgehead atoms. The highest BCUT2D eigenvalue weighted by Gasteiger charge is 2.13. The lowest BCUT2D eigenvalue weighted by atomic mass is 10.1. The molecule has 2 heterocycles. The van der Waals surface area contributed by atoms with Gasteiger partial charge in [0.2, 0.25) is 0 Å². The summed E-state index contributed by atoms with van der Waals surface area (Å²) in [5, 5.41) is 0. The molecule has 138 valence electrons. The molecular formula is C21H18N6O. The number of benzene rings is 2. The van der Waals surface area contributed by atoms with Gasteiger partial charge in [0.05, 0.1) is 29.5 Å². The molecule has 0 radical (unpaired) electrons. The van der Waals surface area contributed by atoms with E-state index in [0.717, 1.165) is 28.2 Å². The van der Waals surface area contributed by atoms with Gasteiger partial charge in [-0.25, -0.2) is 9.97 Å². The standard InChI is InChI=1S/C21H18N6O/c22-10-16-19(20(23)28)26-18(11-24-16)14-7-4-8-15(9-14)21-25-12-17(27-21)13-5-2-1-3-6-13/h1-9,11-12H,10,22H2,(H2,23,28)(H,25,27). The van der Waals surface area contributed by atoms with Gasteiger partial charge < -0.3 is 16.5 Å². The number of amides is 1. The number of nitrogens with two attached hydrogens (primary N) is 2. The van der Waals surface area contributed by atoms with Crippen molar-refractivity contribution in [3.63, 3.8) is 0 Å². The molecule has 4 aromatic rings. The first-order chi connectivity index (χ1) is 13.7. The van der Waals surface area contributed by atoms with Crippen LogP contribution in [0.2, 0.25) is 0 Å². The highest BCUT2D eigenvalue weighted by Crippen LogP contribution is 2.26. The Bertz CT molecular complexity index is 1140. The van der Waals surface area contributed by atoms with E-state index in [4.69, 9.17) is 11.5 Å². The molecule has 0 aliphatic heterocycles. The van der Waals surface area contributed by atoms with Crippen LogP contribution >= 0.6 is 0 Å². The number of aromatic amines is 1. The van der Waals surface area contributed by atoms with E-state index >= 15 is 0 Å². The Kier molecular flexibility index (Phi) is 4.65. The number of nitrogens with one attached hydrogen (secondary N) is 1. The number of carbonyl (C=O) groups excluding carboxylic acids is 1. The average molecular weight is 370 g/mol. The van der Waals surface area contributed by atoms with Gasteiger partial charge in [0.15, 0.2) is 5.69 Å². The molecule has 2 aromatic heterocycles. The van der Waals surface area contributed by atoms with Crippen molar-refractivity contribution >= 4 is 5.91 Å². The van der Waals surface area contributed by atoms with E-state index in [9.17, 15) is 4.79 Å².